The van der Waals surface area contributed by atoms with Crippen molar-refractivity contribution in [2.24, 2.45) is 11.8 Å². The number of hydrogen-bond donors (Lipinski definition) is 2. The Hall–Kier alpha value is -2.21. The van der Waals surface area contributed by atoms with Gasteiger partial charge in [0.15, 0.2) is 0 Å². The van der Waals surface area contributed by atoms with Crippen LogP contribution in [0.3, 0.4) is 0 Å². The number of benzene rings is 1. The molecule has 2 aromatic rings. The Morgan fingerprint density at radius 2 is 2.08 bits per heavy atom. The summed E-state index contributed by atoms with van der Waals surface area (Å²) < 4.78 is 1.99. The number of nitrogens with one attached hydrogen (secondary N) is 2. The van der Waals surface area contributed by atoms with Gasteiger partial charge in [-0.2, -0.15) is 0 Å². The molecule has 3 aliphatic heterocycles. The third kappa shape index (κ3) is 3.14. The maximum atomic E-state index is 12.5. The van der Waals surface area contributed by atoms with Crippen LogP contribution in [-0.4, -0.2) is 46.1 Å². The first-order valence-electron chi connectivity index (χ1n) is 9.87. The molecule has 1 aromatic carbocycles. The summed E-state index contributed by atoms with van der Waals surface area (Å²) >= 11 is 0. The van der Waals surface area contributed by atoms with Crippen LogP contribution in [0.1, 0.15) is 25.7 Å². The number of rotatable bonds is 5. The summed E-state index contributed by atoms with van der Waals surface area (Å²) in [6.07, 6.45) is 6.69. The highest BCUT2D eigenvalue weighted by atomic mass is 16.2. The van der Waals surface area contributed by atoms with Crippen molar-refractivity contribution in [3.05, 3.63) is 36.5 Å². The molecule has 3 saturated heterocycles. The Balaban J connectivity index is 1.24. The maximum absolute atomic E-state index is 12.5. The number of carbonyl (C=O) groups excluding carboxylic acids is 1. The Morgan fingerprint density at radius 1 is 1.23 bits per heavy atom. The summed E-state index contributed by atoms with van der Waals surface area (Å²) in [5, 5.41) is 11.9. The summed E-state index contributed by atoms with van der Waals surface area (Å²) in [5.41, 5.74) is 2.03. The van der Waals surface area contributed by atoms with Crippen molar-refractivity contribution in [3.8, 4) is 11.3 Å². The van der Waals surface area contributed by atoms with E-state index in [0.29, 0.717) is 23.9 Å². The fraction of sp³-hybridized carbons (Fsp3) is 0.550. The molecule has 4 aliphatic rings. The zero-order valence-corrected chi connectivity index (χ0v) is 15.0. The van der Waals surface area contributed by atoms with Gasteiger partial charge in [-0.25, -0.2) is 4.68 Å². The van der Waals surface area contributed by atoms with Crippen LogP contribution >= 0.6 is 0 Å². The average molecular weight is 352 g/mol. The number of quaternary nitrogens is 1. The maximum Gasteiger partial charge on any atom is 0.229 e. The number of aromatic nitrogens is 3. The molecule has 1 aliphatic carbocycles. The lowest BCUT2D eigenvalue weighted by Crippen LogP contribution is -3.20. The van der Waals surface area contributed by atoms with Gasteiger partial charge < -0.3 is 10.2 Å². The van der Waals surface area contributed by atoms with Crippen molar-refractivity contribution in [1.29, 1.82) is 0 Å². The van der Waals surface area contributed by atoms with Gasteiger partial charge in [0.05, 0.1) is 31.7 Å². The van der Waals surface area contributed by atoms with E-state index in [1.165, 1.54) is 25.8 Å². The largest absolute Gasteiger partial charge is 0.353 e. The molecule has 0 radical (unpaired) electrons. The molecule has 26 heavy (non-hydrogen) atoms. The Kier molecular flexibility index (Phi) is 4.00. The van der Waals surface area contributed by atoms with Gasteiger partial charge in [0.25, 0.3) is 0 Å². The van der Waals surface area contributed by atoms with Gasteiger partial charge in [-0.1, -0.05) is 35.5 Å². The van der Waals surface area contributed by atoms with Crippen LogP contribution in [0.15, 0.2) is 36.5 Å². The molecule has 6 nitrogen and oxygen atoms in total. The molecule has 136 valence electrons. The molecule has 2 N–H and O–H groups in total. The van der Waals surface area contributed by atoms with Gasteiger partial charge >= 0.3 is 0 Å². The molecule has 6 rings (SSSR count). The first kappa shape index (κ1) is 16.0. The number of amides is 1. The summed E-state index contributed by atoms with van der Waals surface area (Å²) in [6, 6.07) is 11.2. The predicted octanol–water partition coefficient (Wildman–Crippen LogP) is 0.517. The van der Waals surface area contributed by atoms with Gasteiger partial charge in [0, 0.05) is 24.4 Å². The van der Waals surface area contributed by atoms with Crippen LogP contribution in [0.4, 0.5) is 0 Å². The quantitative estimate of drug-likeness (QED) is 0.825. The minimum absolute atomic E-state index is 0.214. The van der Waals surface area contributed by atoms with E-state index in [1.54, 1.807) is 4.90 Å². The second-order valence-corrected chi connectivity index (χ2v) is 8.17. The van der Waals surface area contributed by atoms with Crippen molar-refractivity contribution < 1.29 is 9.69 Å². The molecule has 1 unspecified atom stereocenters. The zero-order chi connectivity index (χ0) is 17.5. The lowest BCUT2D eigenvalue weighted by Gasteiger charge is -2.46. The second kappa shape index (κ2) is 6.50. The van der Waals surface area contributed by atoms with Crippen LogP contribution in [0.2, 0.25) is 0 Å². The van der Waals surface area contributed by atoms with Crippen LogP contribution < -0.4 is 10.2 Å². The van der Waals surface area contributed by atoms with E-state index in [1.807, 2.05) is 22.9 Å². The monoisotopic (exact) mass is 352 g/mol. The first-order valence-corrected chi connectivity index (χ1v) is 9.87. The zero-order valence-electron chi connectivity index (χ0n) is 15.0. The molecule has 1 aromatic heterocycles. The molecule has 1 amide bonds. The number of hydrogen-bond acceptors (Lipinski definition) is 3. The average Bonchev–Trinajstić information content (AvgIpc) is 3.38. The van der Waals surface area contributed by atoms with Crippen molar-refractivity contribution in [2.45, 2.75) is 44.3 Å². The van der Waals surface area contributed by atoms with Crippen LogP contribution in [0.25, 0.3) is 11.3 Å². The van der Waals surface area contributed by atoms with E-state index in [0.717, 1.165) is 30.8 Å². The highest BCUT2D eigenvalue weighted by Gasteiger charge is 2.47. The standard InChI is InChI=1S/C20H25N5O/c26-20(21-16-6-7-16)18-12-24-9-8-15(18)10-17(24)11-25-13-19(22-23-25)14-4-2-1-3-5-14/h1-5,13,15-18H,6-12H2,(H,21,26)/p+1/t15-,17-,18+/m1/s1. The molecule has 4 atom stereocenters. The van der Waals surface area contributed by atoms with Crippen molar-refractivity contribution in [2.75, 3.05) is 13.1 Å². The third-order valence-corrected chi connectivity index (χ3v) is 6.33. The van der Waals surface area contributed by atoms with E-state index < -0.39 is 0 Å². The van der Waals surface area contributed by atoms with Crippen molar-refractivity contribution in [3.63, 3.8) is 0 Å². The number of nitrogens with zero attached hydrogens (tertiary/aromatic N) is 3. The number of fused-ring (bicyclic) bond motifs is 3. The Labute approximate surface area is 153 Å². The van der Waals surface area contributed by atoms with Crippen LogP contribution in [-0.2, 0) is 11.3 Å². The van der Waals surface area contributed by atoms with Gasteiger partial charge in [-0.3, -0.25) is 4.79 Å². The molecule has 4 heterocycles. The summed E-state index contributed by atoms with van der Waals surface area (Å²) in [5.74, 6) is 1.06. The van der Waals surface area contributed by atoms with E-state index in [9.17, 15) is 4.79 Å². The van der Waals surface area contributed by atoms with E-state index >= 15 is 0 Å². The summed E-state index contributed by atoms with van der Waals surface area (Å²) in [4.78, 5) is 14.1. The lowest BCUT2D eigenvalue weighted by atomic mass is 9.75. The fourth-order valence-electron chi connectivity index (χ4n) is 4.71. The third-order valence-electron chi connectivity index (χ3n) is 6.33. The fourth-order valence-corrected chi connectivity index (χ4v) is 4.71. The van der Waals surface area contributed by atoms with E-state index in [-0.39, 0.29) is 5.92 Å². The van der Waals surface area contributed by atoms with Gasteiger partial charge in [0.2, 0.25) is 5.91 Å². The minimum atomic E-state index is 0.214. The molecule has 0 spiro atoms. The molecule has 6 heteroatoms. The van der Waals surface area contributed by atoms with Crippen molar-refractivity contribution >= 4 is 5.91 Å². The lowest BCUT2D eigenvalue weighted by molar-refractivity contribution is -0.945. The minimum Gasteiger partial charge on any atom is -0.353 e. The predicted molar refractivity (Wildman–Crippen MR) is 97.3 cm³/mol. The van der Waals surface area contributed by atoms with Gasteiger partial charge in [0.1, 0.15) is 11.7 Å². The van der Waals surface area contributed by atoms with Gasteiger partial charge in [-0.05, 0) is 18.8 Å². The van der Waals surface area contributed by atoms with Crippen LogP contribution in [0.5, 0.6) is 0 Å². The smallest absolute Gasteiger partial charge is 0.229 e. The summed E-state index contributed by atoms with van der Waals surface area (Å²) in [7, 11) is 0. The molecule has 1 saturated carbocycles. The Bertz CT molecular complexity index is 785. The number of carbonyl (C=O) groups is 1. The molecular weight excluding hydrogens is 326 g/mol. The molecule has 2 bridgehead atoms. The number of piperidine rings is 3. The van der Waals surface area contributed by atoms with Gasteiger partial charge in [-0.15, -0.1) is 5.10 Å². The SMILES string of the molecule is O=C(NC1CC1)[C@H]1C[NH+]2CC[C@@H]1C[C@@H]2Cn1cc(-c2ccccc2)nn1. The second-order valence-electron chi connectivity index (χ2n) is 8.17. The Morgan fingerprint density at radius 3 is 2.81 bits per heavy atom. The first-order chi connectivity index (χ1) is 12.8. The highest BCUT2D eigenvalue weighted by Crippen LogP contribution is 2.29. The normalized spacial score (nSPS) is 30.3. The molecule has 4 fully saturated rings. The van der Waals surface area contributed by atoms with E-state index in [4.69, 9.17) is 0 Å². The van der Waals surface area contributed by atoms with E-state index in [2.05, 4.69) is 34.0 Å². The van der Waals surface area contributed by atoms with Crippen LogP contribution in [0, 0.1) is 11.8 Å². The molecular formula is C20H26N5O+. The topological polar surface area (TPSA) is 64.2 Å². The van der Waals surface area contributed by atoms with Crippen molar-refractivity contribution in [1.82, 2.24) is 20.3 Å². The highest BCUT2D eigenvalue weighted by molar-refractivity contribution is 5.79. The summed E-state index contributed by atoms with van der Waals surface area (Å²) in [6.45, 7) is 3.06.